The first kappa shape index (κ1) is 16.8. The first-order chi connectivity index (χ1) is 10.3. The average molecular weight is 292 g/mol. The van der Waals surface area contributed by atoms with Crippen LogP contribution < -0.4 is 18.9 Å². The van der Waals surface area contributed by atoms with Crippen molar-refractivity contribution in [2.24, 2.45) is 11.8 Å². The molecule has 22 heavy (non-hydrogen) atoms. The van der Waals surface area contributed by atoms with E-state index in [0.717, 1.165) is 29.3 Å². The van der Waals surface area contributed by atoms with Crippen molar-refractivity contribution in [1.29, 1.82) is 0 Å². The molecule has 1 nitrogen and oxygen atoms in total. The summed E-state index contributed by atoms with van der Waals surface area (Å²) in [5.41, 5.74) is 4.51. The first-order valence-electron chi connectivity index (χ1n) is 9.42. The van der Waals surface area contributed by atoms with Crippen molar-refractivity contribution < 1.29 is 23.6 Å². The zero-order valence-electron chi connectivity index (χ0n) is 14.7. The van der Waals surface area contributed by atoms with Gasteiger partial charge in [0.25, 0.3) is 0 Å². The van der Waals surface area contributed by atoms with Crippen LogP contribution in [0.1, 0.15) is 64.2 Å². The number of methoxy groups -OCH3 is 1. The van der Waals surface area contributed by atoms with Crippen LogP contribution >= 0.6 is 0 Å². The Balaban J connectivity index is 0.00000144. The molecule has 4 rings (SSSR count). The molecule has 0 spiro atoms. The molecule has 0 radical (unpaired) electrons. The van der Waals surface area contributed by atoms with Gasteiger partial charge in [-0.15, -0.1) is 5.73 Å². The van der Waals surface area contributed by atoms with Crippen LogP contribution in [0, 0.1) is 11.8 Å². The fraction of sp³-hybridized carbons (Fsp3) is 0.842. The summed E-state index contributed by atoms with van der Waals surface area (Å²) in [5, 5.41) is 0. The third-order valence-corrected chi connectivity index (χ3v) is 8.21. The van der Waals surface area contributed by atoms with E-state index in [0.29, 0.717) is 0 Å². The summed E-state index contributed by atoms with van der Waals surface area (Å²) in [6, 6.07) is 0. The Morgan fingerprint density at radius 2 is 1.64 bits per heavy atom. The van der Waals surface area contributed by atoms with E-state index in [-0.39, 0.29) is 18.9 Å². The number of fused-ring (bicyclic) bond motifs is 4. The molecule has 0 amide bonds. The summed E-state index contributed by atoms with van der Waals surface area (Å²) in [6.45, 7) is 4.04. The van der Waals surface area contributed by atoms with Crippen molar-refractivity contribution in [2.45, 2.75) is 81.7 Å². The van der Waals surface area contributed by atoms with Gasteiger partial charge in [-0.25, -0.2) is 0 Å². The molecule has 3 heteroatoms. The molecule has 2 aliphatic heterocycles. The summed E-state index contributed by atoms with van der Waals surface area (Å²) in [5.74, 6) is 4.78. The topological polar surface area (TPSA) is 9.23 Å². The van der Waals surface area contributed by atoms with Crippen molar-refractivity contribution in [3.05, 3.63) is 18.0 Å². The molecular formula is C19H30BLiO. The summed E-state index contributed by atoms with van der Waals surface area (Å²) in [4.78, 5) is 0. The molecule has 2 aliphatic carbocycles. The zero-order valence-corrected chi connectivity index (χ0v) is 14.7. The number of ether oxygens (including phenoxy) is 1. The summed E-state index contributed by atoms with van der Waals surface area (Å²) >= 11 is 0. The molecule has 0 unspecified atom stereocenters. The van der Waals surface area contributed by atoms with E-state index >= 15 is 0 Å². The van der Waals surface area contributed by atoms with Gasteiger partial charge in [0, 0.05) is 0 Å². The molecule has 2 saturated heterocycles. The van der Waals surface area contributed by atoms with E-state index < -0.39 is 6.15 Å². The van der Waals surface area contributed by atoms with Gasteiger partial charge in [0.05, 0.1) is 13.3 Å². The van der Waals surface area contributed by atoms with Gasteiger partial charge in [-0.05, 0) is 11.6 Å². The van der Waals surface area contributed by atoms with Crippen molar-refractivity contribution >= 4 is 6.15 Å². The van der Waals surface area contributed by atoms with Gasteiger partial charge in [-0.2, -0.15) is 17.5 Å². The van der Waals surface area contributed by atoms with Crippen LogP contribution in [-0.4, -0.2) is 13.3 Å². The van der Waals surface area contributed by atoms with Crippen molar-refractivity contribution in [3.63, 3.8) is 0 Å². The Morgan fingerprint density at radius 1 is 1.00 bits per heavy atom. The van der Waals surface area contributed by atoms with E-state index in [1.807, 2.05) is 7.11 Å². The van der Waals surface area contributed by atoms with Crippen molar-refractivity contribution in [2.75, 3.05) is 7.11 Å². The summed E-state index contributed by atoms with van der Waals surface area (Å²) in [6.07, 6.45) is 14.2. The van der Waals surface area contributed by atoms with Crippen LogP contribution in [0.2, 0.25) is 17.5 Å². The maximum atomic E-state index is 5.97. The zero-order chi connectivity index (χ0) is 14.4. The van der Waals surface area contributed by atoms with Gasteiger partial charge >= 0.3 is 18.9 Å². The number of hydrogen-bond donors (Lipinski definition) is 0. The molecule has 116 valence electrons. The fourth-order valence-corrected chi connectivity index (χ4v) is 7.81. The molecule has 4 fully saturated rings. The van der Waals surface area contributed by atoms with E-state index in [1.54, 1.807) is 0 Å². The smallest absolute Gasteiger partial charge is 0.535 e. The third kappa shape index (κ3) is 2.22. The van der Waals surface area contributed by atoms with Crippen LogP contribution in [0.3, 0.4) is 0 Å². The van der Waals surface area contributed by atoms with Crippen LogP contribution in [0.5, 0.6) is 0 Å². The maximum absolute atomic E-state index is 5.97. The summed E-state index contributed by atoms with van der Waals surface area (Å²) < 4.78 is 5.97. The summed E-state index contributed by atoms with van der Waals surface area (Å²) in [7, 11) is 1.88. The Morgan fingerprint density at radius 3 is 2.05 bits per heavy atom. The Kier molecular flexibility index (Phi) is 4.95. The number of hydrogen-bond acceptors (Lipinski definition) is 1. The van der Waals surface area contributed by atoms with Gasteiger partial charge in [-0.1, -0.05) is 76.7 Å². The van der Waals surface area contributed by atoms with E-state index in [1.165, 1.54) is 69.9 Å². The molecule has 0 N–H and O–H groups in total. The molecule has 2 saturated carbocycles. The SMILES string of the molecule is C=C=C(OC)[B-]1([C@H]2C[C@@H]3CC[C@H]2C3)C2CCCC1CCC2.[Li+]. The molecule has 3 atom stereocenters. The van der Waals surface area contributed by atoms with Crippen LogP contribution in [0.25, 0.3) is 0 Å². The molecular weight excluding hydrogens is 262 g/mol. The Hall–Kier alpha value is -0.0177. The fourth-order valence-electron chi connectivity index (χ4n) is 7.81. The Bertz CT molecular complexity index is 448. The minimum atomic E-state index is -0.529. The van der Waals surface area contributed by atoms with E-state index in [2.05, 4.69) is 12.3 Å². The Labute approximate surface area is 148 Å². The second kappa shape index (κ2) is 6.47. The minimum absolute atomic E-state index is 0. The van der Waals surface area contributed by atoms with Gasteiger partial charge < -0.3 is 4.74 Å². The first-order valence-corrected chi connectivity index (χ1v) is 9.42. The molecule has 0 aromatic carbocycles. The molecule has 0 aromatic rings. The quantitative estimate of drug-likeness (QED) is 0.441. The molecule has 2 heterocycles. The second-order valence-corrected chi connectivity index (χ2v) is 8.54. The predicted molar refractivity (Wildman–Crippen MR) is 89.8 cm³/mol. The average Bonchev–Trinajstić information content (AvgIpc) is 3.10. The van der Waals surface area contributed by atoms with Gasteiger partial charge in [0.1, 0.15) is 0 Å². The predicted octanol–water partition coefficient (Wildman–Crippen LogP) is 2.59. The van der Waals surface area contributed by atoms with E-state index in [4.69, 9.17) is 4.74 Å². The molecule has 4 aliphatic rings. The van der Waals surface area contributed by atoms with Crippen LogP contribution in [-0.2, 0) is 4.74 Å². The second-order valence-electron chi connectivity index (χ2n) is 8.54. The van der Waals surface area contributed by atoms with Gasteiger partial charge in [0.2, 0.25) is 0 Å². The van der Waals surface area contributed by atoms with Crippen molar-refractivity contribution in [1.82, 2.24) is 0 Å². The maximum Gasteiger partial charge on any atom is 1.00 e. The van der Waals surface area contributed by atoms with Gasteiger partial charge in [-0.3, -0.25) is 0 Å². The normalized spacial score (nSPS) is 45.8. The van der Waals surface area contributed by atoms with Crippen LogP contribution in [0.4, 0.5) is 0 Å². The van der Waals surface area contributed by atoms with Crippen LogP contribution in [0.15, 0.2) is 18.0 Å². The van der Waals surface area contributed by atoms with E-state index in [9.17, 15) is 0 Å². The minimum Gasteiger partial charge on any atom is -0.535 e. The third-order valence-electron chi connectivity index (χ3n) is 8.21. The molecule has 4 bridgehead atoms. The van der Waals surface area contributed by atoms with Crippen molar-refractivity contribution in [3.8, 4) is 0 Å². The largest absolute Gasteiger partial charge is 1.00 e. The molecule has 0 aromatic heterocycles. The standard InChI is InChI=1S/C19H30BO.Li/c1-3-19(21-2)20(18-13-14-10-11-15(18)12-14)16-6-4-7-17(20)9-5-8-16;/h14-18H,1,4-13H2,2H3;/q-1;+1/t14-,15+,16?,17?,18+,20?;/m1./s1. The monoisotopic (exact) mass is 292 g/mol. The number of rotatable bonds is 3. The van der Waals surface area contributed by atoms with Gasteiger partial charge in [0.15, 0.2) is 0 Å².